The average molecular weight is 175 g/mol. The lowest BCUT2D eigenvalue weighted by atomic mass is 10.3. The van der Waals surface area contributed by atoms with E-state index in [4.69, 9.17) is 0 Å². The number of nitrogens with one attached hydrogen (secondary N) is 2. The Balaban J connectivity index is 2.17. The molecule has 0 aromatic carbocycles. The third kappa shape index (κ3) is 1.84. The summed E-state index contributed by atoms with van der Waals surface area (Å²) in [4.78, 5) is 14.8. The molecule has 0 spiro atoms. The number of pyridine rings is 1. The normalized spacial score (nSPS) is 18.5. The topological polar surface area (TPSA) is 54.0 Å². The Morgan fingerprint density at radius 1 is 1.54 bits per heavy atom. The fourth-order valence-corrected chi connectivity index (χ4v) is 1.13. The Kier molecular flexibility index (Phi) is 1.96. The SMILES string of the molecule is O=C1CNC(=Cc2cccnc2)N1. The molecular weight excluding hydrogens is 166 g/mol. The Morgan fingerprint density at radius 3 is 3.08 bits per heavy atom. The highest BCUT2D eigenvalue weighted by atomic mass is 16.2. The second-order valence-electron chi connectivity index (χ2n) is 2.75. The van der Waals surface area contributed by atoms with Crippen molar-refractivity contribution in [1.29, 1.82) is 0 Å². The van der Waals surface area contributed by atoms with E-state index in [0.29, 0.717) is 6.54 Å². The first-order valence-corrected chi connectivity index (χ1v) is 4.00. The van der Waals surface area contributed by atoms with Gasteiger partial charge in [-0.05, 0) is 17.7 Å². The average Bonchev–Trinajstić information content (AvgIpc) is 2.53. The van der Waals surface area contributed by atoms with E-state index >= 15 is 0 Å². The minimum absolute atomic E-state index is 0.00450. The first kappa shape index (κ1) is 7.79. The monoisotopic (exact) mass is 175 g/mol. The van der Waals surface area contributed by atoms with E-state index in [-0.39, 0.29) is 5.91 Å². The van der Waals surface area contributed by atoms with Crippen LogP contribution in [0.15, 0.2) is 30.3 Å². The van der Waals surface area contributed by atoms with Crippen LogP contribution in [-0.2, 0) is 4.79 Å². The lowest BCUT2D eigenvalue weighted by Crippen LogP contribution is -2.13. The van der Waals surface area contributed by atoms with Gasteiger partial charge in [0.2, 0.25) is 5.91 Å². The molecule has 13 heavy (non-hydrogen) atoms. The molecule has 2 N–H and O–H groups in total. The van der Waals surface area contributed by atoms with Gasteiger partial charge in [-0.2, -0.15) is 0 Å². The van der Waals surface area contributed by atoms with Crippen LogP contribution in [0.3, 0.4) is 0 Å². The van der Waals surface area contributed by atoms with Crippen LogP contribution in [0.2, 0.25) is 0 Å². The van der Waals surface area contributed by atoms with Gasteiger partial charge in [-0.3, -0.25) is 9.78 Å². The summed E-state index contributed by atoms with van der Waals surface area (Å²) in [7, 11) is 0. The predicted octanol–water partition coefficient (Wildman–Crippen LogP) is 0.0994. The molecule has 0 aliphatic carbocycles. The molecule has 1 saturated heterocycles. The van der Waals surface area contributed by atoms with Crippen LogP contribution < -0.4 is 10.6 Å². The third-order valence-electron chi connectivity index (χ3n) is 1.71. The maximum absolute atomic E-state index is 10.8. The van der Waals surface area contributed by atoms with Gasteiger partial charge in [0.1, 0.15) is 5.82 Å². The van der Waals surface area contributed by atoms with Crippen LogP contribution in [0.1, 0.15) is 5.56 Å². The van der Waals surface area contributed by atoms with E-state index in [2.05, 4.69) is 15.6 Å². The molecule has 66 valence electrons. The molecule has 0 saturated carbocycles. The van der Waals surface area contributed by atoms with E-state index in [0.717, 1.165) is 11.4 Å². The molecule has 0 radical (unpaired) electrons. The van der Waals surface area contributed by atoms with Gasteiger partial charge in [0.25, 0.3) is 0 Å². The number of rotatable bonds is 1. The number of aromatic nitrogens is 1. The number of hydrogen-bond acceptors (Lipinski definition) is 3. The number of carbonyl (C=O) groups is 1. The quantitative estimate of drug-likeness (QED) is 0.636. The van der Waals surface area contributed by atoms with Gasteiger partial charge in [0, 0.05) is 12.4 Å². The second kappa shape index (κ2) is 3.26. The molecule has 1 aromatic rings. The van der Waals surface area contributed by atoms with Crippen LogP contribution >= 0.6 is 0 Å². The first-order valence-electron chi connectivity index (χ1n) is 4.00. The zero-order valence-electron chi connectivity index (χ0n) is 6.95. The molecule has 1 amide bonds. The highest BCUT2D eigenvalue weighted by molar-refractivity contribution is 5.84. The molecular formula is C9H9N3O. The summed E-state index contributed by atoms with van der Waals surface area (Å²) in [5.41, 5.74) is 0.965. The second-order valence-corrected chi connectivity index (χ2v) is 2.75. The van der Waals surface area contributed by atoms with Crippen LogP contribution in [0.5, 0.6) is 0 Å². The third-order valence-corrected chi connectivity index (χ3v) is 1.71. The van der Waals surface area contributed by atoms with Gasteiger partial charge in [-0.1, -0.05) is 6.07 Å². The van der Waals surface area contributed by atoms with E-state index < -0.39 is 0 Å². The predicted molar refractivity (Wildman–Crippen MR) is 48.4 cm³/mol. The number of nitrogens with zero attached hydrogens (tertiary/aromatic N) is 1. The summed E-state index contributed by atoms with van der Waals surface area (Å²) < 4.78 is 0. The van der Waals surface area contributed by atoms with Gasteiger partial charge < -0.3 is 10.6 Å². The molecule has 1 aliphatic heterocycles. The first-order chi connectivity index (χ1) is 6.34. The van der Waals surface area contributed by atoms with Crippen molar-refractivity contribution in [3.63, 3.8) is 0 Å². The van der Waals surface area contributed by atoms with Crippen molar-refractivity contribution in [2.24, 2.45) is 0 Å². The van der Waals surface area contributed by atoms with E-state index in [1.54, 1.807) is 12.4 Å². The molecule has 2 rings (SSSR count). The molecule has 0 bridgehead atoms. The fraction of sp³-hybridized carbons (Fsp3) is 0.111. The smallest absolute Gasteiger partial charge is 0.244 e. The summed E-state index contributed by atoms with van der Waals surface area (Å²) in [5, 5.41) is 5.61. The van der Waals surface area contributed by atoms with Gasteiger partial charge >= 0.3 is 0 Å². The molecule has 0 unspecified atom stereocenters. The highest BCUT2D eigenvalue weighted by Crippen LogP contribution is 2.02. The molecule has 1 aliphatic rings. The highest BCUT2D eigenvalue weighted by Gasteiger charge is 2.11. The zero-order valence-corrected chi connectivity index (χ0v) is 6.95. The van der Waals surface area contributed by atoms with E-state index in [1.807, 2.05) is 18.2 Å². The van der Waals surface area contributed by atoms with Crippen molar-refractivity contribution >= 4 is 12.0 Å². The van der Waals surface area contributed by atoms with Crippen molar-refractivity contribution in [2.45, 2.75) is 0 Å². The van der Waals surface area contributed by atoms with Crippen molar-refractivity contribution < 1.29 is 4.79 Å². The summed E-state index contributed by atoms with van der Waals surface area (Å²) in [6.45, 7) is 0.353. The Labute approximate surface area is 75.7 Å². The number of amides is 1. The minimum Gasteiger partial charge on any atom is -0.362 e. The van der Waals surface area contributed by atoms with Crippen molar-refractivity contribution in [2.75, 3.05) is 6.54 Å². The fourth-order valence-electron chi connectivity index (χ4n) is 1.13. The van der Waals surface area contributed by atoms with Crippen molar-refractivity contribution in [3.8, 4) is 0 Å². The van der Waals surface area contributed by atoms with Crippen LogP contribution in [0.4, 0.5) is 0 Å². The molecule has 4 heteroatoms. The molecule has 4 nitrogen and oxygen atoms in total. The standard InChI is InChI=1S/C9H9N3O/c13-9-6-11-8(12-9)4-7-2-1-3-10-5-7/h1-5,11H,6H2,(H,12,13). The van der Waals surface area contributed by atoms with Crippen molar-refractivity contribution in [3.05, 3.63) is 35.9 Å². The lowest BCUT2D eigenvalue weighted by Gasteiger charge is -1.97. The largest absolute Gasteiger partial charge is 0.362 e. The molecule has 1 fully saturated rings. The Morgan fingerprint density at radius 2 is 2.46 bits per heavy atom. The Bertz CT molecular complexity index is 345. The summed E-state index contributed by atoms with van der Waals surface area (Å²) >= 11 is 0. The number of hydrogen-bond donors (Lipinski definition) is 2. The van der Waals surface area contributed by atoms with Crippen LogP contribution in [0, 0.1) is 0 Å². The van der Waals surface area contributed by atoms with Crippen LogP contribution in [-0.4, -0.2) is 17.4 Å². The number of carbonyl (C=O) groups excluding carboxylic acids is 1. The molecule has 0 atom stereocenters. The van der Waals surface area contributed by atoms with Crippen LogP contribution in [0.25, 0.3) is 6.08 Å². The van der Waals surface area contributed by atoms with Crippen molar-refractivity contribution in [1.82, 2.24) is 15.6 Å². The molecule has 2 heterocycles. The van der Waals surface area contributed by atoms with Gasteiger partial charge in [-0.25, -0.2) is 0 Å². The maximum Gasteiger partial charge on any atom is 0.244 e. The Hall–Kier alpha value is -1.84. The van der Waals surface area contributed by atoms with Gasteiger partial charge in [0.05, 0.1) is 6.54 Å². The minimum atomic E-state index is -0.00450. The van der Waals surface area contributed by atoms with Gasteiger partial charge in [-0.15, -0.1) is 0 Å². The molecule has 1 aromatic heterocycles. The summed E-state index contributed by atoms with van der Waals surface area (Å²) in [6, 6.07) is 3.77. The van der Waals surface area contributed by atoms with E-state index in [9.17, 15) is 4.79 Å². The maximum atomic E-state index is 10.8. The van der Waals surface area contributed by atoms with E-state index in [1.165, 1.54) is 0 Å². The summed E-state index contributed by atoms with van der Waals surface area (Å²) in [5.74, 6) is 0.730. The van der Waals surface area contributed by atoms with Gasteiger partial charge in [0.15, 0.2) is 0 Å². The summed E-state index contributed by atoms with van der Waals surface area (Å²) in [6.07, 6.45) is 5.29. The lowest BCUT2D eigenvalue weighted by molar-refractivity contribution is -0.117. The zero-order chi connectivity index (χ0) is 9.10.